The van der Waals surface area contributed by atoms with Gasteiger partial charge in [0.15, 0.2) is 0 Å². The molecule has 0 atom stereocenters. The summed E-state index contributed by atoms with van der Waals surface area (Å²) >= 11 is 0. The minimum atomic E-state index is -0.946. The quantitative estimate of drug-likeness (QED) is 0.669. The zero-order valence-electron chi connectivity index (χ0n) is 11.1. The highest BCUT2D eigenvalue weighted by molar-refractivity contribution is 8.31. The summed E-state index contributed by atoms with van der Waals surface area (Å²) in [6.45, 7) is 18.1. The third-order valence-corrected chi connectivity index (χ3v) is 7.71. The molecule has 0 aliphatic rings. The lowest BCUT2D eigenvalue weighted by Crippen LogP contribution is -2.32. The van der Waals surface area contributed by atoms with Crippen LogP contribution in [0, 0.1) is 0 Å². The summed E-state index contributed by atoms with van der Waals surface area (Å²) in [5, 5.41) is 1.93. The van der Waals surface area contributed by atoms with Crippen LogP contribution < -0.4 is 0 Å². The van der Waals surface area contributed by atoms with E-state index >= 15 is 0 Å². The second-order valence-electron chi connectivity index (χ2n) is 4.99. The van der Waals surface area contributed by atoms with Gasteiger partial charge in [0, 0.05) is 15.7 Å². The fraction of sp³-hybridized carbons (Fsp3) is 1.00. The lowest BCUT2D eigenvalue weighted by Gasteiger charge is -2.51. The van der Waals surface area contributed by atoms with Crippen molar-refractivity contribution in [1.29, 1.82) is 0 Å². The van der Waals surface area contributed by atoms with Crippen molar-refractivity contribution in [2.75, 3.05) is 0 Å². The Labute approximate surface area is 92.1 Å². The number of hydrogen-bond acceptors (Lipinski definition) is 1. The van der Waals surface area contributed by atoms with E-state index in [9.17, 15) is 0 Å². The predicted molar refractivity (Wildman–Crippen MR) is 69.2 cm³/mol. The van der Waals surface area contributed by atoms with Crippen molar-refractivity contribution >= 4 is 10.3 Å². The van der Waals surface area contributed by atoms with E-state index in [-0.39, 0.29) is 0 Å². The average molecular weight is 220 g/mol. The molecule has 0 heterocycles. The molecule has 0 amide bonds. The molecule has 0 aromatic rings. The lowest BCUT2D eigenvalue weighted by atomic mass is 10.5. The van der Waals surface area contributed by atoms with E-state index < -0.39 is 10.3 Å². The topological polar surface area (TPSA) is 9.23 Å². The zero-order valence-corrected chi connectivity index (χ0v) is 11.9. The summed E-state index contributed by atoms with van der Waals surface area (Å²) in [6, 6.07) is 0. The molecule has 0 fully saturated rings. The van der Waals surface area contributed by atoms with Gasteiger partial charge in [0.05, 0.1) is 6.10 Å². The van der Waals surface area contributed by atoms with Crippen molar-refractivity contribution in [1.82, 2.24) is 0 Å². The van der Waals surface area contributed by atoms with Crippen molar-refractivity contribution in [2.45, 2.75) is 77.2 Å². The molecule has 0 unspecified atom stereocenters. The Morgan fingerprint density at radius 1 is 0.643 bits per heavy atom. The maximum absolute atomic E-state index is 6.31. The molecule has 0 rings (SSSR count). The molecule has 0 saturated heterocycles. The maximum atomic E-state index is 6.31. The van der Waals surface area contributed by atoms with E-state index in [2.05, 4.69) is 55.4 Å². The van der Waals surface area contributed by atoms with Gasteiger partial charge in [0.2, 0.25) is 0 Å². The summed E-state index contributed by atoms with van der Waals surface area (Å²) in [6.07, 6.45) is 0.345. The Morgan fingerprint density at radius 2 is 0.929 bits per heavy atom. The Morgan fingerprint density at radius 3 is 1.00 bits per heavy atom. The SMILES string of the molecule is CC(C)OS(C(C)C)(C(C)C)C(C)C. The fourth-order valence-electron chi connectivity index (χ4n) is 2.30. The Kier molecular flexibility index (Phi) is 5.53. The maximum Gasteiger partial charge on any atom is 0.0645 e. The highest BCUT2D eigenvalue weighted by Crippen LogP contribution is 2.61. The summed E-state index contributed by atoms with van der Waals surface area (Å²) in [5.74, 6) is 0. The van der Waals surface area contributed by atoms with Crippen LogP contribution in [0.15, 0.2) is 0 Å². The molecule has 0 aliphatic carbocycles. The number of hydrogen-bond donors (Lipinski definition) is 0. The van der Waals surface area contributed by atoms with Crippen LogP contribution in [0.5, 0.6) is 0 Å². The van der Waals surface area contributed by atoms with Crippen molar-refractivity contribution in [2.24, 2.45) is 0 Å². The molecule has 0 saturated carbocycles. The van der Waals surface area contributed by atoms with Gasteiger partial charge in [-0.15, -0.1) is 10.3 Å². The van der Waals surface area contributed by atoms with Gasteiger partial charge in [-0.3, -0.25) is 0 Å². The van der Waals surface area contributed by atoms with Crippen molar-refractivity contribution in [3.05, 3.63) is 0 Å². The second-order valence-corrected chi connectivity index (χ2v) is 9.40. The first-order valence-electron chi connectivity index (χ1n) is 5.73. The molecule has 0 spiro atoms. The normalized spacial score (nSPS) is 14.9. The van der Waals surface area contributed by atoms with E-state index in [1.807, 2.05) is 0 Å². The van der Waals surface area contributed by atoms with Crippen LogP contribution in [0.1, 0.15) is 55.4 Å². The van der Waals surface area contributed by atoms with E-state index in [0.717, 1.165) is 0 Å². The van der Waals surface area contributed by atoms with Crippen molar-refractivity contribution in [3.8, 4) is 0 Å². The molecule has 0 aromatic carbocycles. The van der Waals surface area contributed by atoms with E-state index in [4.69, 9.17) is 4.18 Å². The van der Waals surface area contributed by atoms with Crippen LogP contribution in [-0.4, -0.2) is 21.9 Å². The fourth-order valence-corrected chi connectivity index (χ4v) is 6.90. The summed E-state index contributed by atoms with van der Waals surface area (Å²) < 4.78 is 6.31. The van der Waals surface area contributed by atoms with Gasteiger partial charge >= 0.3 is 0 Å². The Hall–Kier alpha value is 0.310. The number of rotatable bonds is 5. The molecule has 0 radical (unpaired) electrons. The van der Waals surface area contributed by atoms with Gasteiger partial charge in [0.25, 0.3) is 0 Å². The van der Waals surface area contributed by atoms with Crippen LogP contribution in [0.2, 0.25) is 0 Å². The molecular formula is C12H28OS. The first-order valence-corrected chi connectivity index (χ1v) is 7.48. The molecule has 1 nitrogen and oxygen atoms in total. The standard InChI is InChI=1S/C12H28OS/c1-9(2)13-14(10(3)4,11(5)6)12(7)8/h9-12H,1-8H3. The first kappa shape index (κ1) is 14.3. The highest BCUT2D eigenvalue weighted by atomic mass is 32.3. The Balaban J connectivity index is 4.95. The predicted octanol–water partition coefficient (Wildman–Crippen LogP) is 4.36. The van der Waals surface area contributed by atoms with Crippen LogP contribution in [0.25, 0.3) is 0 Å². The molecule has 2 heteroatoms. The van der Waals surface area contributed by atoms with Crippen molar-refractivity contribution < 1.29 is 4.18 Å². The van der Waals surface area contributed by atoms with Crippen LogP contribution >= 0.6 is 10.3 Å². The van der Waals surface area contributed by atoms with E-state index in [0.29, 0.717) is 21.9 Å². The first-order chi connectivity index (χ1) is 6.25. The molecule has 0 aromatic heterocycles. The summed E-state index contributed by atoms with van der Waals surface area (Å²) in [5.41, 5.74) is 0. The zero-order chi connectivity index (χ0) is 11.5. The van der Waals surface area contributed by atoms with Gasteiger partial charge in [-0.2, -0.15) is 0 Å². The molecule has 88 valence electrons. The molecule has 0 aliphatic heterocycles. The lowest BCUT2D eigenvalue weighted by molar-refractivity contribution is 0.266. The van der Waals surface area contributed by atoms with Gasteiger partial charge in [0.1, 0.15) is 0 Å². The molecule has 0 N–H and O–H groups in total. The smallest absolute Gasteiger partial charge is 0.0645 e. The van der Waals surface area contributed by atoms with E-state index in [1.165, 1.54) is 0 Å². The molecule has 14 heavy (non-hydrogen) atoms. The average Bonchev–Trinajstić information content (AvgIpc) is 1.97. The minimum Gasteiger partial charge on any atom is -0.333 e. The highest BCUT2D eigenvalue weighted by Gasteiger charge is 2.36. The van der Waals surface area contributed by atoms with E-state index in [1.54, 1.807) is 0 Å². The second kappa shape index (κ2) is 5.41. The monoisotopic (exact) mass is 220 g/mol. The third-order valence-electron chi connectivity index (χ3n) is 2.57. The van der Waals surface area contributed by atoms with Crippen LogP contribution in [0.4, 0.5) is 0 Å². The van der Waals surface area contributed by atoms with Crippen molar-refractivity contribution in [3.63, 3.8) is 0 Å². The minimum absolute atomic E-state index is 0.345. The molecular weight excluding hydrogens is 192 g/mol. The van der Waals surface area contributed by atoms with Crippen LogP contribution in [0.3, 0.4) is 0 Å². The van der Waals surface area contributed by atoms with Gasteiger partial charge in [-0.1, -0.05) is 41.5 Å². The largest absolute Gasteiger partial charge is 0.333 e. The van der Waals surface area contributed by atoms with Gasteiger partial charge in [-0.05, 0) is 13.8 Å². The van der Waals surface area contributed by atoms with Gasteiger partial charge in [-0.25, -0.2) is 0 Å². The third kappa shape index (κ3) is 2.90. The summed E-state index contributed by atoms with van der Waals surface area (Å²) in [7, 11) is -0.946. The Bertz CT molecular complexity index is 140. The van der Waals surface area contributed by atoms with Crippen LogP contribution in [-0.2, 0) is 4.18 Å². The molecule has 0 bridgehead atoms. The van der Waals surface area contributed by atoms with Gasteiger partial charge < -0.3 is 4.18 Å². The summed E-state index contributed by atoms with van der Waals surface area (Å²) in [4.78, 5) is 0.